The van der Waals surface area contributed by atoms with Crippen molar-refractivity contribution in [3.05, 3.63) is 42.7 Å². The van der Waals surface area contributed by atoms with Gasteiger partial charge >= 0.3 is 0 Å². The average Bonchev–Trinajstić information content (AvgIpc) is 2.29. The zero-order valence-electron chi connectivity index (χ0n) is 10.3. The van der Waals surface area contributed by atoms with Crippen LogP contribution in [0.5, 0.6) is 5.88 Å². The predicted molar refractivity (Wildman–Crippen MR) is 71.4 cm³/mol. The molecule has 0 saturated carbocycles. The average molecular weight is 244 g/mol. The number of benzene rings is 1. The number of aromatic nitrogens is 2. The molecule has 0 bridgehead atoms. The van der Waals surface area contributed by atoms with Gasteiger partial charge in [0.2, 0.25) is 14.2 Å². The maximum atomic E-state index is 5.76. The molecule has 3 nitrogen and oxygen atoms in total. The minimum atomic E-state index is -1.60. The highest BCUT2D eigenvalue weighted by Crippen LogP contribution is 2.18. The molecule has 1 aromatic carbocycles. The number of hydrogen-bond acceptors (Lipinski definition) is 3. The lowest BCUT2D eigenvalue weighted by Gasteiger charge is -2.17. The third-order valence-corrected chi connectivity index (χ3v) is 2.93. The molecule has 0 radical (unpaired) electrons. The molecule has 17 heavy (non-hydrogen) atoms. The van der Waals surface area contributed by atoms with Crippen LogP contribution in [-0.2, 0) is 0 Å². The predicted octanol–water partition coefficient (Wildman–Crippen LogP) is 3.36. The summed E-state index contributed by atoms with van der Waals surface area (Å²) in [6.07, 6.45) is 3.45. The van der Waals surface area contributed by atoms with Crippen molar-refractivity contribution in [3.8, 4) is 17.1 Å². The Hall–Kier alpha value is -1.68. The van der Waals surface area contributed by atoms with Crippen molar-refractivity contribution in [2.45, 2.75) is 19.6 Å². The molecule has 0 atom stereocenters. The Labute approximate surface area is 103 Å². The fraction of sp³-hybridized carbons (Fsp3) is 0.231. The normalized spacial score (nSPS) is 11.2. The maximum Gasteiger partial charge on any atom is 0.244 e. The first-order valence-electron chi connectivity index (χ1n) is 5.61. The van der Waals surface area contributed by atoms with Gasteiger partial charge in [-0.1, -0.05) is 30.3 Å². The summed E-state index contributed by atoms with van der Waals surface area (Å²) in [6, 6.07) is 10.00. The summed E-state index contributed by atoms with van der Waals surface area (Å²) in [5.41, 5.74) is 1.94. The molecule has 2 rings (SSSR count). The van der Waals surface area contributed by atoms with Crippen molar-refractivity contribution in [3.63, 3.8) is 0 Å². The number of hydrogen-bond donors (Lipinski definition) is 0. The van der Waals surface area contributed by atoms with Crippen LogP contribution in [0, 0.1) is 0 Å². The summed E-state index contributed by atoms with van der Waals surface area (Å²) in [5, 5.41) is 0. The van der Waals surface area contributed by atoms with Gasteiger partial charge in [-0.15, -0.1) is 0 Å². The smallest absolute Gasteiger partial charge is 0.244 e. The highest BCUT2D eigenvalue weighted by atomic mass is 28.4. The van der Waals surface area contributed by atoms with E-state index in [1.54, 1.807) is 12.4 Å². The molecule has 0 N–H and O–H groups in total. The molecular weight excluding hydrogens is 228 g/mol. The highest BCUT2D eigenvalue weighted by Gasteiger charge is 2.17. The van der Waals surface area contributed by atoms with Crippen LogP contribution in [0.3, 0.4) is 0 Å². The van der Waals surface area contributed by atoms with E-state index in [9.17, 15) is 0 Å². The van der Waals surface area contributed by atoms with Crippen molar-refractivity contribution in [2.24, 2.45) is 0 Å². The molecule has 0 aliphatic heterocycles. The monoisotopic (exact) mass is 244 g/mol. The first kappa shape index (κ1) is 11.8. The molecule has 0 saturated heterocycles. The zero-order chi connectivity index (χ0) is 12.3. The second-order valence-corrected chi connectivity index (χ2v) is 9.25. The van der Waals surface area contributed by atoms with Gasteiger partial charge in [0.05, 0.1) is 18.1 Å². The van der Waals surface area contributed by atoms with Crippen LogP contribution in [0.1, 0.15) is 0 Å². The Bertz CT molecular complexity index is 477. The summed E-state index contributed by atoms with van der Waals surface area (Å²) in [5.74, 6) is 0.615. The largest absolute Gasteiger partial charge is 0.530 e. The van der Waals surface area contributed by atoms with Crippen LogP contribution in [0.15, 0.2) is 42.7 Å². The second kappa shape index (κ2) is 4.67. The van der Waals surface area contributed by atoms with E-state index in [4.69, 9.17) is 4.43 Å². The molecule has 0 aliphatic carbocycles. The molecular formula is C13H16N2OSi. The van der Waals surface area contributed by atoms with Gasteiger partial charge < -0.3 is 4.43 Å². The molecule has 2 aromatic rings. The van der Waals surface area contributed by atoms with Crippen LogP contribution in [0.4, 0.5) is 0 Å². The van der Waals surface area contributed by atoms with Crippen LogP contribution in [-0.4, -0.2) is 18.3 Å². The van der Waals surface area contributed by atoms with E-state index in [-0.39, 0.29) is 0 Å². The van der Waals surface area contributed by atoms with Gasteiger partial charge in [0.25, 0.3) is 0 Å². The standard InChI is InChI=1S/C13H16N2OSi/c1-17(2,3)16-13-10-14-12(9-15-13)11-7-5-4-6-8-11/h4-10H,1-3H3. The van der Waals surface area contributed by atoms with E-state index in [0.29, 0.717) is 5.88 Å². The lowest BCUT2D eigenvalue weighted by molar-refractivity contribution is 0.531. The first-order valence-corrected chi connectivity index (χ1v) is 9.02. The summed E-state index contributed by atoms with van der Waals surface area (Å²) in [6.45, 7) is 6.37. The van der Waals surface area contributed by atoms with E-state index in [1.165, 1.54) is 0 Å². The molecule has 0 spiro atoms. The van der Waals surface area contributed by atoms with Crippen LogP contribution < -0.4 is 4.43 Å². The first-order chi connectivity index (χ1) is 8.04. The van der Waals surface area contributed by atoms with E-state index >= 15 is 0 Å². The van der Waals surface area contributed by atoms with Crippen LogP contribution in [0.2, 0.25) is 19.6 Å². The Kier molecular flexibility index (Phi) is 3.24. The summed E-state index contributed by atoms with van der Waals surface area (Å²) in [4.78, 5) is 8.66. The van der Waals surface area contributed by atoms with Gasteiger partial charge in [0, 0.05) is 5.56 Å². The Balaban J connectivity index is 2.19. The topological polar surface area (TPSA) is 35.0 Å². The summed E-state index contributed by atoms with van der Waals surface area (Å²) >= 11 is 0. The lowest BCUT2D eigenvalue weighted by Crippen LogP contribution is -2.29. The maximum absolute atomic E-state index is 5.76. The molecule has 4 heteroatoms. The van der Waals surface area contributed by atoms with Crippen LogP contribution in [0.25, 0.3) is 11.3 Å². The van der Waals surface area contributed by atoms with Gasteiger partial charge in [-0.05, 0) is 19.6 Å². The summed E-state index contributed by atoms with van der Waals surface area (Å²) in [7, 11) is -1.60. The van der Waals surface area contributed by atoms with E-state index < -0.39 is 8.32 Å². The molecule has 0 unspecified atom stereocenters. The molecule has 0 fully saturated rings. The third kappa shape index (κ3) is 3.39. The van der Waals surface area contributed by atoms with E-state index in [1.807, 2.05) is 30.3 Å². The lowest BCUT2D eigenvalue weighted by atomic mass is 10.2. The van der Waals surface area contributed by atoms with Gasteiger partial charge in [-0.25, -0.2) is 9.97 Å². The Morgan fingerprint density at radius 1 is 0.941 bits per heavy atom. The van der Waals surface area contributed by atoms with Gasteiger partial charge in [-0.3, -0.25) is 0 Å². The molecule has 0 aliphatic rings. The summed E-state index contributed by atoms with van der Waals surface area (Å²) < 4.78 is 5.76. The van der Waals surface area contributed by atoms with Gasteiger partial charge in [0.15, 0.2) is 0 Å². The Morgan fingerprint density at radius 2 is 1.65 bits per heavy atom. The fourth-order valence-electron chi connectivity index (χ4n) is 1.44. The SMILES string of the molecule is C[Si](C)(C)Oc1cnc(-c2ccccc2)cn1. The molecule has 0 amide bonds. The van der Waals surface area contributed by atoms with Crippen molar-refractivity contribution in [2.75, 3.05) is 0 Å². The van der Waals surface area contributed by atoms with E-state index in [2.05, 4.69) is 29.6 Å². The number of nitrogens with zero attached hydrogens (tertiary/aromatic N) is 2. The minimum absolute atomic E-state index is 0.615. The highest BCUT2D eigenvalue weighted by molar-refractivity contribution is 6.70. The van der Waals surface area contributed by atoms with Crippen molar-refractivity contribution in [1.82, 2.24) is 9.97 Å². The number of rotatable bonds is 3. The minimum Gasteiger partial charge on any atom is -0.530 e. The van der Waals surface area contributed by atoms with Gasteiger partial charge in [0.1, 0.15) is 0 Å². The molecule has 1 aromatic heterocycles. The third-order valence-electron chi connectivity index (χ3n) is 2.11. The van der Waals surface area contributed by atoms with Crippen molar-refractivity contribution < 1.29 is 4.43 Å². The van der Waals surface area contributed by atoms with Crippen LogP contribution >= 0.6 is 0 Å². The zero-order valence-corrected chi connectivity index (χ0v) is 11.3. The fourth-order valence-corrected chi connectivity index (χ4v) is 2.17. The van der Waals surface area contributed by atoms with Gasteiger partial charge in [-0.2, -0.15) is 0 Å². The quantitative estimate of drug-likeness (QED) is 0.777. The van der Waals surface area contributed by atoms with E-state index in [0.717, 1.165) is 11.3 Å². The molecule has 88 valence electrons. The molecule has 1 heterocycles. The second-order valence-electron chi connectivity index (χ2n) is 4.82. The Morgan fingerprint density at radius 3 is 2.18 bits per heavy atom. The van der Waals surface area contributed by atoms with Crippen molar-refractivity contribution >= 4 is 8.32 Å². The van der Waals surface area contributed by atoms with Crippen molar-refractivity contribution in [1.29, 1.82) is 0 Å².